The maximum Gasteiger partial charge on any atom is 0.217 e. The van der Waals surface area contributed by atoms with Crippen LogP contribution in [0.25, 0.3) is 0 Å². The molecule has 49 atom stereocenters. The second-order valence-corrected chi connectivity index (χ2v) is 30.5. The molecule has 53 nitrogen and oxygen atoms in total. The lowest BCUT2D eigenvalue weighted by Crippen LogP contribution is -2.71. The predicted octanol–water partition coefficient (Wildman–Crippen LogP) is -20.6. The Kier molecular flexibility index (Phi) is 35.0. The van der Waals surface area contributed by atoms with Crippen LogP contribution in [0.15, 0.2) is 0 Å². The van der Waals surface area contributed by atoms with Gasteiger partial charge in [0.05, 0.1) is 65.6 Å². The molecular formula is C67H112N4O49. The van der Waals surface area contributed by atoms with Gasteiger partial charge in [-0.25, -0.2) is 0 Å². The van der Waals surface area contributed by atoms with Gasteiger partial charge < -0.3 is 244 Å². The molecule has 0 saturated carbocycles. The van der Waals surface area contributed by atoms with Crippen molar-refractivity contribution in [3.63, 3.8) is 0 Å². The molecule has 10 fully saturated rings. The molecule has 10 heterocycles. The molecule has 0 bridgehead atoms. The summed E-state index contributed by atoms with van der Waals surface area (Å²) in [5, 5.41) is 300. The van der Waals surface area contributed by atoms with E-state index < -0.39 is 384 Å². The average molecular weight is 1760 g/mol. The number of rotatable bonds is 31. The predicted molar refractivity (Wildman–Crippen MR) is 369 cm³/mol. The summed E-state index contributed by atoms with van der Waals surface area (Å²) in [6, 6.07) is -7.69. The van der Waals surface area contributed by atoms with Crippen molar-refractivity contribution < 1.29 is 242 Å². The van der Waals surface area contributed by atoms with Crippen molar-refractivity contribution in [1.29, 1.82) is 0 Å². The van der Waals surface area contributed by atoms with Crippen LogP contribution in [0.1, 0.15) is 34.6 Å². The lowest BCUT2D eigenvalue weighted by atomic mass is 9.93. The minimum Gasteiger partial charge on any atom is -0.394 e. The number of carbonyl (C=O) groups is 4. The van der Waals surface area contributed by atoms with Gasteiger partial charge in [0.25, 0.3) is 0 Å². The largest absolute Gasteiger partial charge is 0.394 e. The highest BCUT2D eigenvalue weighted by atomic mass is 16.8. The van der Waals surface area contributed by atoms with Crippen LogP contribution in [-0.4, -0.2) is 517 Å². The molecule has 4 amide bonds. The van der Waals surface area contributed by atoms with Gasteiger partial charge in [-0.2, -0.15) is 0 Å². The van der Waals surface area contributed by atoms with Crippen molar-refractivity contribution in [2.75, 3.05) is 59.5 Å². The number of carbonyl (C=O) groups excluding carboxylic acids is 4. The van der Waals surface area contributed by atoms with Crippen LogP contribution < -0.4 is 21.3 Å². The highest BCUT2D eigenvalue weighted by molar-refractivity contribution is 5.74. The fourth-order valence-electron chi connectivity index (χ4n) is 15.6. The van der Waals surface area contributed by atoms with Crippen molar-refractivity contribution in [1.82, 2.24) is 21.3 Å². The third-order valence-corrected chi connectivity index (χ3v) is 22.1. The maximum atomic E-state index is 13.5. The number of nitrogens with one attached hydrogen (secondary N) is 4. The fourth-order valence-corrected chi connectivity index (χ4v) is 15.6. The van der Waals surface area contributed by atoms with E-state index >= 15 is 0 Å². The van der Waals surface area contributed by atoms with Crippen LogP contribution in [0, 0.1) is 0 Å². The normalized spacial score (nSPS) is 49.6. The molecule has 53 heteroatoms. The standard InChI is InChI=1S/C67H112N4O49/c1-15-33(84)43(94)48(99)62(103-15)116-53-31(70-18(4)82)58(101)104-27(13-79)51(53)114-60-30(69-17(3)81)42(93)50(26(12-78)111-60)113-67-57(120-63-47(98)38(89)24(10-76)108-63)54(117-66-56(46(97)37(88)23(9-75)110-66)119-59-29(68-16(2)80)41(92)34(85)20(6-72)105-59)40(91)28(112-67)14-102-65-55(45(96)36(87)22(8-74)109-65)118-61-32(71-19(5)83)52(39(90)25(11-77)106-61)115-64-49(100)44(95)35(86)21(7-73)107-64/h15,20-67,72-79,84-101H,6-14H2,1-5H3,(H,68,80)(H,69,81)(H,70,82)(H,71,83)/t15-,20+,21+,22+,23+,24+,25+,26+,27+,28+,29+,30+,31+,32+,33+,34+,35-,36+,37+,38-,39+,40+,41+,42+,43+,44-,45-,46-,47+,48-,49+,50+,51+,52+,53+,54-,55-,56-,57-,58+,59-,60-,61-,62-,63-,64-,65-,66+,67-/m0/s1. The minimum absolute atomic E-state index is 0.875. The van der Waals surface area contributed by atoms with Gasteiger partial charge in [0.2, 0.25) is 23.6 Å². The Bertz CT molecular complexity index is 3230. The SMILES string of the molecule is CC(=O)N[C@@H]1[C@@H](O[C@@H]2O[C@@H](C)[C@@H](O)[C@@H](O)[C@@H]2O)[C@H](O[C@@H]2O[C@H](CO)[C@@H](O[C@@H]3O[C@H](CO[C@H]4O[C@H](CO)[C@@H](O)[C@H](O)[C@@H]4O[C@@H]4O[C@H](CO)[C@@H](O)[C@H](O[C@@H]5O[C@H](CO)[C@H](O)[C@H](O)[C@H]5O)[C@H]4NC(C)=O)[C@@H](O)[C@H](O[C@H]4O[C@H](CO)[C@@H](O)[C@H](O)[C@@H]4O[C@@H]4O[C@H](CO)[C@@H](O)[C@H](O)[C@H]4NC(C)=O)[C@@H]3O[C@@H]3O[C@H](CO)[C@H](O)[C@H]3O)[C@H](O)[C@H]2NC(C)=O)[C@@H](CO)O[C@H]1O. The molecule has 0 aliphatic carbocycles. The molecule has 10 saturated heterocycles. The van der Waals surface area contributed by atoms with Crippen molar-refractivity contribution >= 4 is 23.6 Å². The molecule has 0 aromatic rings. The Hall–Kier alpha value is -3.92. The molecular weight excluding hydrogens is 1640 g/mol. The number of hydrogen-bond donors (Lipinski definition) is 30. The highest BCUT2D eigenvalue weighted by Gasteiger charge is 2.63. The lowest BCUT2D eigenvalue weighted by Gasteiger charge is -2.52. The van der Waals surface area contributed by atoms with E-state index in [-0.39, 0.29) is 0 Å². The molecule has 10 aliphatic rings. The molecule has 0 aromatic heterocycles. The summed E-state index contributed by atoms with van der Waals surface area (Å²) >= 11 is 0. The third-order valence-electron chi connectivity index (χ3n) is 22.1. The first-order valence-corrected chi connectivity index (χ1v) is 38.4. The van der Waals surface area contributed by atoms with E-state index in [9.17, 15) is 152 Å². The van der Waals surface area contributed by atoms with Gasteiger partial charge in [-0.05, 0) is 6.92 Å². The minimum atomic E-state index is -2.59. The molecule has 0 radical (unpaired) electrons. The summed E-state index contributed by atoms with van der Waals surface area (Å²) in [4.78, 5) is 52.1. The van der Waals surface area contributed by atoms with E-state index in [2.05, 4.69) is 21.3 Å². The zero-order chi connectivity index (χ0) is 88.2. The monoisotopic (exact) mass is 1760 g/mol. The first-order chi connectivity index (χ1) is 56.8. The smallest absolute Gasteiger partial charge is 0.217 e. The molecule has 0 unspecified atom stereocenters. The van der Waals surface area contributed by atoms with Gasteiger partial charge in [0.15, 0.2) is 62.9 Å². The number of aliphatic hydroxyl groups is 26. The molecule has 30 N–H and O–H groups in total. The Morgan fingerprint density at radius 3 is 1.03 bits per heavy atom. The van der Waals surface area contributed by atoms with Gasteiger partial charge in [-0.15, -0.1) is 0 Å². The van der Waals surface area contributed by atoms with E-state index in [1.165, 1.54) is 6.92 Å². The summed E-state index contributed by atoms with van der Waals surface area (Å²) in [5.74, 6) is -3.78. The zero-order valence-electron chi connectivity index (χ0n) is 64.7. The Morgan fingerprint density at radius 1 is 0.233 bits per heavy atom. The number of ether oxygens (including phenoxy) is 19. The summed E-state index contributed by atoms with van der Waals surface area (Å²) in [6.07, 6.45) is -95.3. The van der Waals surface area contributed by atoms with Crippen LogP contribution >= 0.6 is 0 Å². The molecule has 694 valence electrons. The topological polar surface area (TPSA) is 818 Å². The Balaban J connectivity index is 1.06. The molecule has 10 aliphatic heterocycles. The molecule has 0 spiro atoms. The highest BCUT2D eigenvalue weighted by Crippen LogP contribution is 2.42. The van der Waals surface area contributed by atoms with E-state index in [1.54, 1.807) is 0 Å². The summed E-state index contributed by atoms with van der Waals surface area (Å²) < 4.78 is 115. The van der Waals surface area contributed by atoms with Gasteiger partial charge >= 0.3 is 0 Å². The summed E-state index contributed by atoms with van der Waals surface area (Å²) in [5.41, 5.74) is 0. The number of aliphatic hydroxyl groups excluding tert-OH is 26. The number of hydrogen-bond acceptors (Lipinski definition) is 49. The van der Waals surface area contributed by atoms with Gasteiger partial charge in [0, 0.05) is 27.7 Å². The van der Waals surface area contributed by atoms with Crippen LogP contribution in [0.5, 0.6) is 0 Å². The lowest BCUT2D eigenvalue weighted by molar-refractivity contribution is -0.407. The summed E-state index contributed by atoms with van der Waals surface area (Å²) in [6.45, 7) is -5.31. The van der Waals surface area contributed by atoms with E-state index in [0.29, 0.717) is 0 Å². The molecule has 0 aromatic carbocycles. The molecule has 10 rings (SSSR count). The average Bonchev–Trinajstić information content (AvgIpc) is 0.801. The summed E-state index contributed by atoms with van der Waals surface area (Å²) in [7, 11) is 0. The van der Waals surface area contributed by atoms with Crippen LogP contribution in [0.2, 0.25) is 0 Å². The fraction of sp³-hybridized carbons (Fsp3) is 0.940. The van der Waals surface area contributed by atoms with E-state index in [0.717, 1.165) is 27.7 Å². The van der Waals surface area contributed by atoms with Gasteiger partial charge in [0.1, 0.15) is 232 Å². The van der Waals surface area contributed by atoms with Crippen LogP contribution in [-0.2, 0) is 109 Å². The quantitative estimate of drug-likeness (QED) is 0.0306. The van der Waals surface area contributed by atoms with Crippen molar-refractivity contribution in [3.8, 4) is 0 Å². The first kappa shape index (κ1) is 98.3. The van der Waals surface area contributed by atoms with Crippen molar-refractivity contribution in [2.24, 2.45) is 0 Å². The Morgan fingerprint density at radius 2 is 0.533 bits per heavy atom. The maximum absolute atomic E-state index is 13.5. The van der Waals surface area contributed by atoms with Gasteiger partial charge in [-0.1, -0.05) is 0 Å². The van der Waals surface area contributed by atoms with E-state index in [1.807, 2.05) is 0 Å². The second-order valence-electron chi connectivity index (χ2n) is 30.5. The van der Waals surface area contributed by atoms with Crippen LogP contribution in [0.3, 0.4) is 0 Å². The van der Waals surface area contributed by atoms with Gasteiger partial charge in [-0.3, -0.25) is 19.2 Å². The zero-order valence-corrected chi connectivity index (χ0v) is 64.7. The van der Waals surface area contributed by atoms with Crippen LogP contribution in [0.4, 0.5) is 0 Å². The van der Waals surface area contributed by atoms with Crippen molar-refractivity contribution in [2.45, 2.75) is 335 Å². The third kappa shape index (κ3) is 21.4. The van der Waals surface area contributed by atoms with Crippen molar-refractivity contribution in [3.05, 3.63) is 0 Å². The number of amides is 4. The second kappa shape index (κ2) is 42.8. The van der Waals surface area contributed by atoms with E-state index in [4.69, 9.17) is 90.0 Å². The Labute approximate surface area is 679 Å². The first-order valence-electron chi connectivity index (χ1n) is 38.4. The molecule has 120 heavy (non-hydrogen) atoms.